The van der Waals surface area contributed by atoms with Crippen LogP contribution < -0.4 is 0 Å². The van der Waals surface area contributed by atoms with Gasteiger partial charge in [-0.25, -0.2) is 0 Å². The highest BCUT2D eigenvalue weighted by Gasteiger charge is 2.36. The van der Waals surface area contributed by atoms with Crippen molar-refractivity contribution in [3.05, 3.63) is 111 Å². The van der Waals surface area contributed by atoms with Crippen molar-refractivity contribution in [2.24, 2.45) is 5.92 Å². The zero-order chi connectivity index (χ0) is 27.9. The lowest BCUT2D eigenvalue weighted by atomic mass is 9.92. The van der Waals surface area contributed by atoms with Crippen LogP contribution in [0.4, 0.5) is 0 Å². The highest BCUT2D eigenvalue weighted by Crippen LogP contribution is 2.28. The third kappa shape index (κ3) is 14.2. The molecule has 2 rings (SSSR count). The fraction of sp³-hybridized carbons (Fsp3) is 0.394. The standard InChI is InChI=1S/C29H38O4.2C2H4/c1-4-7-9-14-23(5-2)17-12-20-26-22-28(30)27(29(31)32-6-3)21-25(33-26)19-13-18-24-15-10-8-11-16-24;2*1-2/h4-5,7-11,14-16,25-27H,1-2,6,12-13,17-22H2,3H3;2*1-2H2/b9-7?,23-14+;;/t25-,26+,27?;;/m0../s1. The molecule has 0 radical (unpaired) electrons. The van der Waals surface area contributed by atoms with Crippen LogP contribution in [0.5, 0.6) is 0 Å². The van der Waals surface area contributed by atoms with Gasteiger partial charge in [0.05, 0.1) is 18.8 Å². The SMILES string of the molecule is C=C.C=C.C=CC=C/C=C(\C=C)CCC[C@@H]1CC(=O)C(C(=O)OCC)C[C@H](CCCc2ccccc2)O1. The number of benzene rings is 1. The number of Topliss-reactive ketones (excluding diaryl/α,β-unsaturated/α-hetero) is 1. The molecule has 0 aromatic heterocycles. The minimum absolute atomic E-state index is 0.0580. The van der Waals surface area contributed by atoms with Gasteiger partial charge in [-0.1, -0.05) is 73.9 Å². The number of allylic oxidation sites excluding steroid dienone is 6. The number of hydrogen-bond acceptors (Lipinski definition) is 4. The number of ether oxygens (including phenoxy) is 2. The predicted molar refractivity (Wildman–Crippen MR) is 156 cm³/mol. The van der Waals surface area contributed by atoms with Crippen molar-refractivity contribution in [3.63, 3.8) is 0 Å². The summed E-state index contributed by atoms with van der Waals surface area (Å²) in [4.78, 5) is 25.3. The molecule has 37 heavy (non-hydrogen) atoms. The van der Waals surface area contributed by atoms with Crippen molar-refractivity contribution < 1.29 is 19.1 Å². The lowest BCUT2D eigenvalue weighted by molar-refractivity contribution is -0.152. The highest BCUT2D eigenvalue weighted by molar-refractivity contribution is 5.99. The molecule has 1 aliphatic heterocycles. The second-order valence-corrected chi connectivity index (χ2v) is 8.43. The van der Waals surface area contributed by atoms with Gasteiger partial charge in [-0.2, -0.15) is 0 Å². The molecule has 1 aromatic carbocycles. The summed E-state index contributed by atoms with van der Waals surface area (Å²) in [5, 5.41) is 0. The average molecular weight is 507 g/mol. The van der Waals surface area contributed by atoms with Crippen molar-refractivity contribution >= 4 is 11.8 Å². The van der Waals surface area contributed by atoms with Crippen LogP contribution in [0.2, 0.25) is 0 Å². The molecule has 0 amide bonds. The summed E-state index contributed by atoms with van der Waals surface area (Å²) in [6.45, 7) is 21.6. The third-order valence-electron chi connectivity index (χ3n) is 5.92. The van der Waals surface area contributed by atoms with E-state index in [0.717, 1.165) is 44.1 Å². The fourth-order valence-corrected chi connectivity index (χ4v) is 4.19. The lowest BCUT2D eigenvalue weighted by Crippen LogP contribution is -2.28. The Labute approximate surface area is 225 Å². The van der Waals surface area contributed by atoms with E-state index in [-0.39, 0.29) is 31.0 Å². The molecule has 0 bridgehead atoms. The molecule has 1 heterocycles. The van der Waals surface area contributed by atoms with Gasteiger partial charge in [0.25, 0.3) is 0 Å². The maximum atomic E-state index is 12.9. The molecule has 202 valence electrons. The Bertz CT molecular complexity index is 850. The first-order valence-corrected chi connectivity index (χ1v) is 13.1. The Morgan fingerprint density at radius 1 is 1.03 bits per heavy atom. The Hall–Kier alpha value is -3.24. The van der Waals surface area contributed by atoms with Gasteiger partial charge < -0.3 is 9.47 Å². The molecule has 0 aliphatic carbocycles. The van der Waals surface area contributed by atoms with Crippen LogP contribution in [0.25, 0.3) is 0 Å². The van der Waals surface area contributed by atoms with E-state index in [1.807, 2.05) is 42.5 Å². The van der Waals surface area contributed by atoms with Crippen LogP contribution in [0.3, 0.4) is 0 Å². The number of carbonyl (C=O) groups is 2. The summed E-state index contributed by atoms with van der Waals surface area (Å²) >= 11 is 0. The fourth-order valence-electron chi connectivity index (χ4n) is 4.19. The first-order valence-electron chi connectivity index (χ1n) is 13.1. The Morgan fingerprint density at radius 2 is 1.70 bits per heavy atom. The largest absolute Gasteiger partial charge is 0.465 e. The molecular formula is C33H46O4. The summed E-state index contributed by atoms with van der Waals surface area (Å²) in [5.41, 5.74) is 2.42. The van der Waals surface area contributed by atoms with E-state index < -0.39 is 11.9 Å². The zero-order valence-electron chi connectivity index (χ0n) is 22.7. The minimum atomic E-state index is -0.718. The normalized spacial score (nSPS) is 19.4. The molecule has 0 saturated carbocycles. The minimum Gasteiger partial charge on any atom is -0.465 e. The van der Waals surface area contributed by atoms with Gasteiger partial charge in [0.2, 0.25) is 0 Å². The van der Waals surface area contributed by atoms with Crippen LogP contribution >= 0.6 is 0 Å². The topological polar surface area (TPSA) is 52.6 Å². The monoisotopic (exact) mass is 506 g/mol. The molecule has 1 fully saturated rings. The van der Waals surface area contributed by atoms with Gasteiger partial charge in [-0.3, -0.25) is 9.59 Å². The van der Waals surface area contributed by atoms with Crippen LogP contribution in [-0.2, 0) is 25.5 Å². The molecule has 1 aliphatic rings. The quantitative estimate of drug-likeness (QED) is 0.118. The zero-order valence-corrected chi connectivity index (χ0v) is 22.7. The predicted octanol–water partition coefficient (Wildman–Crippen LogP) is 7.93. The number of carbonyl (C=O) groups excluding carboxylic acids is 2. The van der Waals surface area contributed by atoms with Crippen molar-refractivity contribution in [3.8, 4) is 0 Å². The van der Waals surface area contributed by atoms with E-state index in [9.17, 15) is 9.59 Å². The summed E-state index contributed by atoms with van der Waals surface area (Å²) in [5.74, 6) is -1.19. The molecule has 4 heteroatoms. The maximum Gasteiger partial charge on any atom is 0.316 e. The molecule has 0 N–H and O–H groups in total. The number of hydrogen-bond donors (Lipinski definition) is 0. The van der Waals surface area contributed by atoms with Gasteiger partial charge in [-0.15, -0.1) is 26.3 Å². The molecule has 4 nitrogen and oxygen atoms in total. The third-order valence-corrected chi connectivity index (χ3v) is 5.92. The summed E-state index contributed by atoms with van der Waals surface area (Å²) in [7, 11) is 0. The number of rotatable bonds is 13. The van der Waals surface area contributed by atoms with E-state index >= 15 is 0 Å². The molecule has 3 atom stereocenters. The summed E-state index contributed by atoms with van der Waals surface area (Å²) in [6.07, 6.45) is 15.1. The summed E-state index contributed by atoms with van der Waals surface area (Å²) in [6, 6.07) is 10.3. The second-order valence-electron chi connectivity index (χ2n) is 8.43. The molecule has 1 unspecified atom stereocenters. The van der Waals surface area contributed by atoms with Crippen LogP contribution in [0, 0.1) is 5.92 Å². The van der Waals surface area contributed by atoms with Crippen LogP contribution in [0.1, 0.15) is 57.4 Å². The Balaban J connectivity index is 0.00000308. The van der Waals surface area contributed by atoms with Gasteiger partial charge >= 0.3 is 5.97 Å². The van der Waals surface area contributed by atoms with E-state index in [0.29, 0.717) is 6.42 Å². The van der Waals surface area contributed by atoms with Gasteiger partial charge in [0.1, 0.15) is 11.7 Å². The van der Waals surface area contributed by atoms with E-state index in [4.69, 9.17) is 9.47 Å². The highest BCUT2D eigenvalue weighted by atomic mass is 16.5. The average Bonchev–Trinajstić information content (AvgIpc) is 3.09. The van der Waals surface area contributed by atoms with E-state index in [1.54, 1.807) is 13.0 Å². The second kappa shape index (κ2) is 22.0. The maximum absolute atomic E-state index is 12.9. The van der Waals surface area contributed by atoms with Gasteiger partial charge in [0, 0.05) is 6.42 Å². The van der Waals surface area contributed by atoms with Gasteiger partial charge in [0.15, 0.2) is 0 Å². The number of aryl methyl sites for hydroxylation is 1. The van der Waals surface area contributed by atoms with E-state index in [1.165, 1.54) is 5.56 Å². The van der Waals surface area contributed by atoms with Crippen molar-refractivity contribution in [2.45, 2.75) is 70.5 Å². The number of ketones is 1. The van der Waals surface area contributed by atoms with E-state index in [2.05, 4.69) is 51.6 Å². The van der Waals surface area contributed by atoms with Crippen LogP contribution in [-0.4, -0.2) is 30.6 Å². The van der Waals surface area contributed by atoms with Crippen molar-refractivity contribution in [1.82, 2.24) is 0 Å². The Morgan fingerprint density at radius 3 is 2.32 bits per heavy atom. The Kier molecular flexibility index (Phi) is 20.1. The van der Waals surface area contributed by atoms with Crippen LogP contribution in [0.15, 0.2) is 106 Å². The number of esters is 1. The van der Waals surface area contributed by atoms with Crippen molar-refractivity contribution in [1.29, 1.82) is 0 Å². The molecule has 0 spiro atoms. The molecular weight excluding hydrogens is 460 g/mol. The lowest BCUT2D eigenvalue weighted by Gasteiger charge is -2.22. The smallest absolute Gasteiger partial charge is 0.316 e. The van der Waals surface area contributed by atoms with Gasteiger partial charge in [-0.05, 0) is 63.0 Å². The molecule has 1 aromatic rings. The van der Waals surface area contributed by atoms with Crippen molar-refractivity contribution in [2.75, 3.05) is 6.61 Å². The first kappa shape index (κ1) is 33.8. The first-order chi connectivity index (χ1) is 18.1. The summed E-state index contributed by atoms with van der Waals surface area (Å²) < 4.78 is 11.6. The molecule has 1 saturated heterocycles.